The van der Waals surface area contributed by atoms with E-state index in [0.29, 0.717) is 17.9 Å². The smallest absolute Gasteiger partial charge is 0.269 e. The van der Waals surface area contributed by atoms with Crippen LogP contribution < -0.4 is 10.4 Å². The zero-order valence-corrected chi connectivity index (χ0v) is 24.5. The molecule has 1 N–H and O–H groups in total. The summed E-state index contributed by atoms with van der Waals surface area (Å²) in [6.07, 6.45) is 6.41. The standard InChI is InChI=1S/C30H41ClN8O/c1-5-12-36(13-6-2)14-7-15-37-16-18-38(19-17-37)23-25-8-10-26(11-9-25)30(40)35-39(22-24(3)4)29-27(31)21-33-28(20-32)34-29/h5-6,8-11,21,24H,1-2,7,12-19,22-23H2,3-4H3,(H,35,40). The van der Waals surface area contributed by atoms with Gasteiger partial charge in [0.15, 0.2) is 5.82 Å². The summed E-state index contributed by atoms with van der Waals surface area (Å²) < 4.78 is 0. The van der Waals surface area contributed by atoms with Crippen LogP contribution in [0.3, 0.4) is 0 Å². The molecule has 1 aromatic carbocycles. The maximum absolute atomic E-state index is 13.1. The Bertz CT molecular complexity index is 1150. The number of halogens is 1. The maximum atomic E-state index is 13.1. The van der Waals surface area contributed by atoms with Gasteiger partial charge in [0.2, 0.25) is 5.82 Å². The second-order valence-corrected chi connectivity index (χ2v) is 10.8. The number of benzene rings is 1. The molecular weight excluding hydrogens is 524 g/mol. The average Bonchev–Trinajstić information content (AvgIpc) is 2.94. The molecule has 9 nitrogen and oxygen atoms in total. The van der Waals surface area contributed by atoms with Crippen molar-refractivity contribution in [3.05, 3.63) is 77.7 Å². The maximum Gasteiger partial charge on any atom is 0.269 e. The van der Waals surface area contributed by atoms with E-state index in [0.717, 1.165) is 65.3 Å². The summed E-state index contributed by atoms with van der Waals surface area (Å²) in [5, 5.41) is 11.0. The monoisotopic (exact) mass is 564 g/mol. The van der Waals surface area contributed by atoms with E-state index in [1.807, 2.05) is 56.3 Å². The molecule has 1 fully saturated rings. The number of rotatable bonds is 15. The molecule has 2 heterocycles. The van der Waals surface area contributed by atoms with E-state index in [9.17, 15) is 10.1 Å². The fourth-order valence-electron chi connectivity index (χ4n) is 4.67. The quantitative estimate of drug-likeness (QED) is 0.256. The molecular formula is C30H41ClN8O. The molecule has 0 unspecified atom stereocenters. The number of amides is 1. The predicted molar refractivity (Wildman–Crippen MR) is 161 cm³/mol. The molecule has 0 atom stereocenters. The van der Waals surface area contributed by atoms with Gasteiger partial charge in [0.05, 0.1) is 6.20 Å². The van der Waals surface area contributed by atoms with Gasteiger partial charge in [-0.15, -0.1) is 13.2 Å². The molecule has 1 saturated heterocycles. The number of nitrogens with zero attached hydrogens (tertiary/aromatic N) is 7. The van der Waals surface area contributed by atoms with Gasteiger partial charge in [0.1, 0.15) is 11.1 Å². The van der Waals surface area contributed by atoms with Gasteiger partial charge < -0.3 is 4.90 Å². The zero-order chi connectivity index (χ0) is 28.9. The lowest BCUT2D eigenvalue weighted by molar-refractivity contribution is 0.0947. The molecule has 1 aliphatic rings. The zero-order valence-electron chi connectivity index (χ0n) is 23.7. The largest absolute Gasteiger partial charge is 0.301 e. The second-order valence-electron chi connectivity index (χ2n) is 10.4. The minimum absolute atomic E-state index is 0.00808. The van der Waals surface area contributed by atoms with Crippen LogP contribution in [0.5, 0.6) is 0 Å². The number of piperazine rings is 1. The van der Waals surface area contributed by atoms with Crippen molar-refractivity contribution in [2.45, 2.75) is 26.8 Å². The molecule has 2 aromatic rings. The summed E-state index contributed by atoms with van der Waals surface area (Å²) >= 11 is 6.30. The lowest BCUT2D eigenvalue weighted by atomic mass is 10.1. The second kappa shape index (κ2) is 16.1. The normalized spacial score (nSPS) is 14.2. The highest BCUT2D eigenvalue weighted by atomic mass is 35.5. The summed E-state index contributed by atoms with van der Waals surface area (Å²) in [6.45, 7) is 21.2. The first kappa shape index (κ1) is 31.2. The number of hydrazine groups is 1. The fraction of sp³-hybridized carbons (Fsp3) is 0.467. The van der Waals surface area contributed by atoms with Crippen molar-refractivity contribution in [3.8, 4) is 6.07 Å². The third kappa shape index (κ3) is 9.72. The lowest BCUT2D eigenvalue weighted by Crippen LogP contribution is -2.46. The van der Waals surface area contributed by atoms with Crippen LogP contribution in [0.15, 0.2) is 55.8 Å². The molecule has 0 aliphatic carbocycles. The Morgan fingerprint density at radius 1 is 1.15 bits per heavy atom. The summed E-state index contributed by atoms with van der Waals surface area (Å²) in [4.78, 5) is 28.5. The topological polar surface area (TPSA) is 91.6 Å². The first-order chi connectivity index (χ1) is 19.3. The van der Waals surface area contributed by atoms with E-state index in [1.165, 1.54) is 11.8 Å². The van der Waals surface area contributed by atoms with Crippen LogP contribution in [-0.4, -0.2) is 89.5 Å². The van der Waals surface area contributed by atoms with Crippen LogP contribution in [0.2, 0.25) is 5.02 Å². The van der Waals surface area contributed by atoms with Gasteiger partial charge in [-0.05, 0) is 36.6 Å². The van der Waals surface area contributed by atoms with Gasteiger partial charge in [-0.3, -0.25) is 25.0 Å². The Morgan fingerprint density at radius 3 is 2.40 bits per heavy atom. The third-order valence-corrected chi connectivity index (χ3v) is 6.94. The Kier molecular flexibility index (Phi) is 12.6. The van der Waals surface area contributed by atoms with E-state index in [1.54, 1.807) is 5.01 Å². The molecule has 1 amide bonds. The molecule has 10 heteroatoms. The van der Waals surface area contributed by atoms with Gasteiger partial charge in [-0.2, -0.15) is 10.2 Å². The average molecular weight is 565 g/mol. The third-order valence-electron chi connectivity index (χ3n) is 6.68. The SMILES string of the molecule is C=CCN(CC=C)CCCN1CCN(Cc2ccc(C(=O)NN(CC(C)C)c3nc(C#N)ncc3Cl)cc2)CC1. The van der Waals surface area contributed by atoms with Gasteiger partial charge in [-0.1, -0.05) is 49.7 Å². The number of carbonyl (C=O) groups excluding carboxylic acids is 1. The number of carbonyl (C=O) groups is 1. The number of anilines is 1. The van der Waals surface area contributed by atoms with Crippen molar-refractivity contribution < 1.29 is 4.79 Å². The highest BCUT2D eigenvalue weighted by Crippen LogP contribution is 2.22. The number of hydrogen-bond acceptors (Lipinski definition) is 8. The molecule has 0 radical (unpaired) electrons. The first-order valence-corrected chi connectivity index (χ1v) is 14.2. The van der Waals surface area contributed by atoms with Crippen LogP contribution in [0.25, 0.3) is 0 Å². The number of hydrogen-bond donors (Lipinski definition) is 1. The van der Waals surface area contributed by atoms with E-state index >= 15 is 0 Å². The minimum atomic E-state index is -0.270. The lowest BCUT2D eigenvalue weighted by Gasteiger charge is -2.35. The Hall–Kier alpha value is -3.29. The predicted octanol–water partition coefficient (Wildman–Crippen LogP) is 3.99. The van der Waals surface area contributed by atoms with Crippen molar-refractivity contribution in [2.75, 3.05) is 63.9 Å². The number of aromatic nitrogens is 2. The Labute approximate surface area is 243 Å². The van der Waals surface area contributed by atoms with Crippen LogP contribution in [0, 0.1) is 17.2 Å². The molecule has 3 rings (SSSR count). The van der Waals surface area contributed by atoms with Crippen molar-refractivity contribution >= 4 is 23.3 Å². The van der Waals surface area contributed by atoms with Crippen molar-refractivity contribution in [3.63, 3.8) is 0 Å². The summed E-state index contributed by atoms with van der Waals surface area (Å²) in [6, 6.07) is 9.62. The molecule has 1 aliphatic heterocycles. The van der Waals surface area contributed by atoms with Gasteiger partial charge in [0, 0.05) is 64.5 Å². The molecule has 40 heavy (non-hydrogen) atoms. The van der Waals surface area contributed by atoms with Crippen LogP contribution in [-0.2, 0) is 6.54 Å². The molecule has 0 bridgehead atoms. The first-order valence-electron chi connectivity index (χ1n) is 13.8. The Morgan fingerprint density at radius 2 is 1.80 bits per heavy atom. The van der Waals surface area contributed by atoms with Crippen molar-refractivity contribution in [2.24, 2.45) is 5.92 Å². The Balaban J connectivity index is 1.50. The van der Waals surface area contributed by atoms with E-state index in [2.05, 4.69) is 43.3 Å². The highest BCUT2D eigenvalue weighted by Gasteiger charge is 2.20. The molecule has 214 valence electrons. The van der Waals surface area contributed by atoms with E-state index in [-0.39, 0.29) is 22.7 Å². The van der Waals surface area contributed by atoms with Crippen molar-refractivity contribution in [1.82, 2.24) is 30.1 Å². The van der Waals surface area contributed by atoms with E-state index in [4.69, 9.17) is 11.6 Å². The summed E-state index contributed by atoms with van der Waals surface area (Å²) in [5.41, 5.74) is 4.61. The number of nitriles is 1. The van der Waals surface area contributed by atoms with Crippen LogP contribution in [0.4, 0.5) is 5.82 Å². The van der Waals surface area contributed by atoms with Gasteiger partial charge in [0.25, 0.3) is 5.91 Å². The molecule has 0 saturated carbocycles. The summed E-state index contributed by atoms with van der Waals surface area (Å²) in [5.74, 6) is 0.237. The van der Waals surface area contributed by atoms with Crippen LogP contribution >= 0.6 is 11.6 Å². The minimum Gasteiger partial charge on any atom is -0.301 e. The fourth-order valence-corrected chi connectivity index (χ4v) is 4.86. The summed E-state index contributed by atoms with van der Waals surface area (Å²) in [7, 11) is 0. The molecule has 0 spiro atoms. The molecule has 1 aromatic heterocycles. The van der Waals surface area contributed by atoms with Gasteiger partial charge in [-0.25, -0.2) is 4.98 Å². The van der Waals surface area contributed by atoms with Crippen LogP contribution in [0.1, 0.15) is 42.0 Å². The van der Waals surface area contributed by atoms with Crippen molar-refractivity contribution in [1.29, 1.82) is 5.26 Å². The van der Waals surface area contributed by atoms with E-state index < -0.39 is 0 Å². The number of nitrogens with one attached hydrogen (secondary N) is 1. The van der Waals surface area contributed by atoms with Gasteiger partial charge >= 0.3 is 0 Å². The highest BCUT2D eigenvalue weighted by molar-refractivity contribution is 6.32.